The summed E-state index contributed by atoms with van der Waals surface area (Å²) in [6.45, 7) is 0. The van der Waals surface area contributed by atoms with Crippen molar-refractivity contribution in [3.8, 4) is 33.8 Å². The second-order valence-corrected chi connectivity index (χ2v) is 6.11. The van der Waals surface area contributed by atoms with E-state index in [-0.39, 0.29) is 0 Å². The Hall–Kier alpha value is -3.73. The van der Waals surface area contributed by atoms with E-state index >= 15 is 0 Å². The molecule has 0 aliphatic carbocycles. The Labute approximate surface area is 149 Å². The van der Waals surface area contributed by atoms with Gasteiger partial charge in [0.1, 0.15) is 0 Å². The molecule has 2 aromatic carbocycles. The second-order valence-electron chi connectivity index (χ2n) is 6.11. The molecule has 3 heterocycles. The molecule has 0 atom stereocenters. The second kappa shape index (κ2) is 5.97. The monoisotopic (exact) mass is 337 g/mol. The van der Waals surface area contributed by atoms with Gasteiger partial charge in [0.15, 0.2) is 0 Å². The first-order valence-electron chi connectivity index (χ1n) is 8.35. The fraction of sp³-hybridized carbons (Fsp3) is 0. The van der Waals surface area contributed by atoms with Gasteiger partial charge in [-0.1, -0.05) is 36.4 Å². The molecule has 5 heteroatoms. The van der Waals surface area contributed by atoms with Gasteiger partial charge in [-0.2, -0.15) is 0 Å². The summed E-state index contributed by atoms with van der Waals surface area (Å²) in [5, 5.41) is 1.11. The number of aromatic nitrogens is 5. The molecule has 26 heavy (non-hydrogen) atoms. The van der Waals surface area contributed by atoms with Crippen molar-refractivity contribution in [2.45, 2.75) is 0 Å². The number of imidazole rings is 2. The van der Waals surface area contributed by atoms with E-state index in [1.165, 1.54) is 11.1 Å². The van der Waals surface area contributed by atoms with Crippen LogP contribution >= 0.6 is 0 Å². The first-order chi connectivity index (χ1) is 12.9. The van der Waals surface area contributed by atoms with E-state index in [0.717, 1.165) is 33.5 Å². The van der Waals surface area contributed by atoms with E-state index in [1.807, 2.05) is 12.3 Å². The molecular weight excluding hydrogens is 322 g/mol. The number of hydrogen-bond acceptors (Lipinski definition) is 3. The molecule has 0 radical (unpaired) electrons. The van der Waals surface area contributed by atoms with Crippen LogP contribution in [0.15, 0.2) is 79.6 Å². The fourth-order valence-corrected chi connectivity index (χ4v) is 3.11. The molecule has 5 aromatic rings. The van der Waals surface area contributed by atoms with Crippen LogP contribution in [0.2, 0.25) is 0 Å². The van der Waals surface area contributed by atoms with Crippen molar-refractivity contribution in [2.75, 3.05) is 0 Å². The van der Waals surface area contributed by atoms with E-state index in [4.69, 9.17) is 4.98 Å². The van der Waals surface area contributed by atoms with Crippen LogP contribution in [0.5, 0.6) is 0 Å². The third kappa shape index (κ3) is 2.56. The van der Waals surface area contributed by atoms with Crippen molar-refractivity contribution in [1.82, 2.24) is 24.9 Å². The van der Waals surface area contributed by atoms with E-state index in [1.54, 1.807) is 18.9 Å². The molecule has 0 amide bonds. The summed E-state index contributed by atoms with van der Waals surface area (Å²) in [6, 6.07) is 18.9. The third-order valence-electron chi connectivity index (χ3n) is 4.49. The van der Waals surface area contributed by atoms with Crippen molar-refractivity contribution < 1.29 is 0 Å². The van der Waals surface area contributed by atoms with Gasteiger partial charge in [-0.15, -0.1) is 0 Å². The normalized spacial score (nSPS) is 11.1. The van der Waals surface area contributed by atoms with E-state index < -0.39 is 0 Å². The molecular formula is C21H15N5. The van der Waals surface area contributed by atoms with Gasteiger partial charge in [0, 0.05) is 5.39 Å². The van der Waals surface area contributed by atoms with Crippen LogP contribution in [-0.4, -0.2) is 24.9 Å². The molecule has 0 saturated carbocycles. The number of pyridine rings is 1. The van der Waals surface area contributed by atoms with Crippen molar-refractivity contribution >= 4 is 10.9 Å². The maximum absolute atomic E-state index is 4.72. The third-order valence-corrected chi connectivity index (χ3v) is 4.49. The summed E-state index contributed by atoms with van der Waals surface area (Å²) in [4.78, 5) is 19.1. The largest absolute Gasteiger partial charge is 0.345 e. The minimum absolute atomic E-state index is 0.895. The van der Waals surface area contributed by atoms with Crippen LogP contribution in [0.1, 0.15) is 0 Å². The summed E-state index contributed by atoms with van der Waals surface area (Å²) >= 11 is 0. The zero-order valence-corrected chi connectivity index (χ0v) is 13.8. The van der Waals surface area contributed by atoms with Gasteiger partial charge in [-0.05, 0) is 34.9 Å². The van der Waals surface area contributed by atoms with Crippen molar-refractivity contribution in [3.63, 3.8) is 0 Å². The molecule has 0 spiro atoms. The number of fused-ring (bicyclic) bond motifs is 1. The number of benzene rings is 2. The SMILES string of the molecule is c1ncc(-c2ccc(-c3ccc4nc(-c5cnc[nH]5)ccc4c3)cc2)[nH]1. The lowest BCUT2D eigenvalue weighted by Crippen LogP contribution is -1.86. The number of H-pyrrole nitrogens is 2. The standard InChI is InChI=1S/C21H15N5/c1-3-15(20-10-22-12-24-20)4-2-14(1)16-5-7-18-17(9-16)6-8-19(26-18)21-11-23-13-25-21/h1-13H,(H,22,24)(H,23,25). The van der Waals surface area contributed by atoms with E-state index in [0.29, 0.717) is 0 Å². The van der Waals surface area contributed by atoms with Gasteiger partial charge in [-0.25, -0.2) is 15.0 Å². The first-order valence-corrected chi connectivity index (χ1v) is 8.35. The molecule has 2 N–H and O–H groups in total. The minimum Gasteiger partial charge on any atom is -0.345 e. The van der Waals surface area contributed by atoms with Crippen molar-refractivity contribution in [1.29, 1.82) is 0 Å². The Morgan fingerprint density at radius 1 is 0.615 bits per heavy atom. The maximum atomic E-state index is 4.72. The van der Waals surface area contributed by atoms with Crippen molar-refractivity contribution in [3.05, 3.63) is 79.6 Å². The number of aromatic amines is 2. The van der Waals surface area contributed by atoms with Gasteiger partial charge in [-0.3, -0.25) is 0 Å². The van der Waals surface area contributed by atoms with E-state index in [2.05, 4.69) is 68.5 Å². The molecule has 3 aromatic heterocycles. The average Bonchev–Trinajstić information content (AvgIpc) is 3.41. The van der Waals surface area contributed by atoms with Gasteiger partial charge in [0.25, 0.3) is 0 Å². The van der Waals surface area contributed by atoms with Crippen LogP contribution < -0.4 is 0 Å². The topological polar surface area (TPSA) is 70.2 Å². The Morgan fingerprint density at radius 3 is 2.04 bits per heavy atom. The number of nitrogens with one attached hydrogen (secondary N) is 2. The Bertz CT molecular complexity index is 1160. The highest BCUT2D eigenvalue weighted by Crippen LogP contribution is 2.27. The van der Waals surface area contributed by atoms with Crippen LogP contribution in [0.25, 0.3) is 44.7 Å². The summed E-state index contributed by atoms with van der Waals surface area (Å²) < 4.78 is 0. The smallest absolute Gasteiger partial charge is 0.0924 e. The number of rotatable bonds is 3. The molecule has 0 aliphatic rings. The van der Waals surface area contributed by atoms with Gasteiger partial charge < -0.3 is 9.97 Å². The highest BCUT2D eigenvalue weighted by atomic mass is 14.9. The average molecular weight is 337 g/mol. The highest BCUT2D eigenvalue weighted by molar-refractivity contribution is 5.86. The summed E-state index contributed by atoms with van der Waals surface area (Å²) in [6.07, 6.45) is 6.96. The molecule has 0 bridgehead atoms. The molecule has 0 saturated heterocycles. The predicted molar refractivity (Wildman–Crippen MR) is 102 cm³/mol. The van der Waals surface area contributed by atoms with Crippen molar-refractivity contribution in [2.24, 2.45) is 0 Å². The van der Waals surface area contributed by atoms with Crippen LogP contribution in [0.3, 0.4) is 0 Å². The highest BCUT2D eigenvalue weighted by Gasteiger charge is 2.05. The predicted octanol–water partition coefficient (Wildman–Crippen LogP) is 4.68. The summed E-state index contributed by atoms with van der Waals surface area (Å²) in [7, 11) is 0. The Morgan fingerprint density at radius 2 is 1.31 bits per heavy atom. The molecule has 5 rings (SSSR count). The van der Waals surface area contributed by atoms with Crippen LogP contribution in [0, 0.1) is 0 Å². The molecule has 0 unspecified atom stereocenters. The fourth-order valence-electron chi connectivity index (χ4n) is 3.11. The zero-order valence-electron chi connectivity index (χ0n) is 13.8. The van der Waals surface area contributed by atoms with Crippen LogP contribution in [0.4, 0.5) is 0 Å². The lowest BCUT2D eigenvalue weighted by molar-refractivity contribution is 1.30. The lowest BCUT2D eigenvalue weighted by atomic mass is 10.0. The van der Waals surface area contributed by atoms with Gasteiger partial charge in [0.05, 0.1) is 47.6 Å². The molecule has 0 fully saturated rings. The quantitative estimate of drug-likeness (QED) is 0.502. The Kier molecular flexibility index (Phi) is 3.35. The molecule has 124 valence electrons. The van der Waals surface area contributed by atoms with Crippen LogP contribution in [-0.2, 0) is 0 Å². The first kappa shape index (κ1) is 14.6. The minimum atomic E-state index is 0.895. The lowest BCUT2D eigenvalue weighted by Gasteiger charge is -2.06. The van der Waals surface area contributed by atoms with Gasteiger partial charge in [0.2, 0.25) is 0 Å². The van der Waals surface area contributed by atoms with E-state index in [9.17, 15) is 0 Å². The zero-order chi connectivity index (χ0) is 17.3. The summed E-state index contributed by atoms with van der Waals surface area (Å²) in [5.41, 5.74) is 7.27. The molecule has 5 nitrogen and oxygen atoms in total. The molecule has 0 aliphatic heterocycles. The Balaban J connectivity index is 1.50. The van der Waals surface area contributed by atoms with Gasteiger partial charge >= 0.3 is 0 Å². The number of hydrogen-bond donors (Lipinski definition) is 2. The maximum Gasteiger partial charge on any atom is 0.0924 e. The summed E-state index contributed by atoms with van der Waals surface area (Å²) in [5.74, 6) is 0. The number of nitrogens with zero attached hydrogens (tertiary/aromatic N) is 3.